The van der Waals surface area contributed by atoms with Crippen molar-refractivity contribution in [1.82, 2.24) is 0 Å². The fraction of sp³-hybridized carbons (Fsp3) is 0.235. The molecule has 21 heavy (non-hydrogen) atoms. The lowest BCUT2D eigenvalue weighted by molar-refractivity contribution is 0.102. The summed E-state index contributed by atoms with van der Waals surface area (Å²) in [6.07, 6.45) is 0. The van der Waals surface area contributed by atoms with Gasteiger partial charge in [-0.15, -0.1) is 0 Å². The summed E-state index contributed by atoms with van der Waals surface area (Å²) in [4.78, 5) is 14.2. The van der Waals surface area contributed by atoms with Crippen LogP contribution in [0.2, 0.25) is 0 Å². The van der Waals surface area contributed by atoms with Crippen molar-refractivity contribution in [2.45, 2.75) is 13.8 Å². The molecule has 0 heterocycles. The van der Waals surface area contributed by atoms with Crippen LogP contribution in [0.4, 0.5) is 15.8 Å². The van der Waals surface area contributed by atoms with E-state index in [0.717, 1.165) is 12.2 Å². The van der Waals surface area contributed by atoms with Crippen LogP contribution in [-0.4, -0.2) is 19.5 Å². The van der Waals surface area contributed by atoms with Crippen molar-refractivity contribution in [2.75, 3.05) is 23.8 Å². The van der Waals surface area contributed by atoms with E-state index >= 15 is 0 Å². The Morgan fingerprint density at radius 2 is 1.86 bits per heavy atom. The van der Waals surface area contributed by atoms with E-state index in [9.17, 15) is 9.18 Å². The first-order valence-electron chi connectivity index (χ1n) is 6.90. The van der Waals surface area contributed by atoms with Crippen LogP contribution < -0.4 is 10.2 Å². The third kappa shape index (κ3) is 3.60. The highest BCUT2D eigenvalue weighted by molar-refractivity contribution is 6.04. The van der Waals surface area contributed by atoms with Crippen LogP contribution in [0, 0.1) is 12.7 Å². The predicted molar refractivity (Wildman–Crippen MR) is 84.5 cm³/mol. The lowest BCUT2D eigenvalue weighted by atomic mass is 10.1. The van der Waals surface area contributed by atoms with Crippen LogP contribution >= 0.6 is 0 Å². The Morgan fingerprint density at radius 3 is 2.43 bits per heavy atom. The van der Waals surface area contributed by atoms with Gasteiger partial charge in [0.15, 0.2) is 0 Å². The van der Waals surface area contributed by atoms with E-state index in [2.05, 4.69) is 17.1 Å². The smallest absolute Gasteiger partial charge is 0.255 e. The molecule has 0 fully saturated rings. The number of anilines is 2. The second kappa shape index (κ2) is 6.39. The number of carbonyl (C=O) groups excluding carboxylic acids is 1. The minimum Gasteiger partial charge on any atom is -0.375 e. The van der Waals surface area contributed by atoms with Gasteiger partial charge >= 0.3 is 0 Å². The van der Waals surface area contributed by atoms with Gasteiger partial charge in [0, 0.05) is 30.5 Å². The van der Waals surface area contributed by atoms with E-state index in [1.54, 1.807) is 31.2 Å². The summed E-state index contributed by atoms with van der Waals surface area (Å²) in [5.41, 5.74) is 2.73. The van der Waals surface area contributed by atoms with Gasteiger partial charge in [-0.3, -0.25) is 4.79 Å². The van der Waals surface area contributed by atoms with Crippen molar-refractivity contribution >= 4 is 17.3 Å². The van der Waals surface area contributed by atoms with Gasteiger partial charge in [-0.2, -0.15) is 0 Å². The Bertz CT molecular complexity index is 638. The first-order valence-corrected chi connectivity index (χ1v) is 6.90. The molecule has 2 aromatic rings. The first-order chi connectivity index (χ1) is 10.0. The summed E-state index contributed by atoms with van der Waals surface area (Å²) in [6.45, 7) is 4.64. The fourth-order valence-corrected chi connectivity index (χ4v) is 1.98. The molecule has 2 rings (SSSR count). The number of halogens is 1. The summed E-state index contributed by atoms with van der Waals surface area (Å²) >= 11 is 0. The van der Waals surface area contributed by atoms with Gasteiger partial charge in [0.2, 0.25) is 0 Å². The van der Waals surface area contributed by atoms with E-state index in [1.807, 2.05) is 19.2 Å². The molecule has 1 amide bonds. The topological polar surface area (TPSA) is 32.3 Å². The Kier molecular flexibility index (Phi) is 4.58. The summed E-state index contributed by atoms with van der Waals surface area (Å²) in [7, 11) is 2.00. The maximum Gasteiger partial charge on any atom is 0.255 e. The molecular weight excluding hydrogens is 267 g/mol. The average Bonchev–Trinajstić information content (AvgIpc) is 2.50. The standard InChI is InChI=1S/C17H19FN2O/c1-4-20(3)15-8-5-13(6-9-15)17(21)19-14-7-10-16(18)12(2)11-14/h5-11H,4H2,1-3H3,(H,19,21). The van der Waals surface area contributed by atoms with Crippen molar-refractivity contribution < 1.29 is 9.18 Å². The number of nitrogens with zero attached hydrogens (tertiary/aromatic N) is 1. The molecule has 0 aliphatic heterocycles. The molecule has 0 radical (unpaired) electrons. The van der Waals surface area contributed by atoms with Gasteiger partial charge in [0.1, 0.15) is 5.82 Å². The molecule has 4 heteroatoms. The first kappa shape index (κ1) is 15.0. The Hall–Kier alpha value is -2.36. The third-order valence-corrected chi connectivity index (χ3v) is 3.46. The molecule has 0 aliphatic carbocycles. The van der Waals surface area contributed by atoms with Gasteiger partial charge in [-0.05, 0) is 61.9 Å². The largest absolute Gasteiger partial charge is 0.375 e. The van der Waals surface area contributed by atoms with Crippen LogP contribution in [0.5, 0.6) is 0 Å². The average molecular weight is 286 g/mol. The predicted octanol–water partition coefficient (Wildman–Crippen LogP) is 3.84. The van der Waals surface area contributed by atoms with Gasteiger partial charge in [0.25, 0.3) is 5.91 Å². The number of hydrogen-bond acceptors (Lipinski definition) is 2. The molecule has 0 aliphatic rings. The van der Waals surface area contributed by atoms with Gasteiger partial charge in [0.05, 0.1) is 0 Å². The number of hydrogen-bond donors (Lipinski definition) is 1. The Balaban J connectivity index is 2.11. The van der Waals surface area contributed by atoms with Crippen molar-refractivity contribution in [3.05, 3.63) is 59.4 Å². The minimum atomic E-state index is -0.278. The summed E-state index contributed by atoms with van der Waals surface area (Å²) in [6, 6.07) is 11.9. The van der Waals surface area contributed by atoms with Crippen LogP contribution in [0.1, 0.15) is 22.8 Å². The molecule has 110 valence electrons. The molecule has 0 saturated carbocycles. The number of benzene rings is 2. The quantitative estimate of drug-likeness (QED) is 0.926. The highest BCUT2D eigenvalue weighted by Crippen LogP contribution is 2.17. The van der Waals surface area contributed by atoms with Crippen LogP contribution in [0.25, 0.3) is 0 Å². The fourth-order valence-electron chi connectivity index (χ4n) is 1.98. The second-order valence-corrected chi connectivity index (χ2v) is 4.98. The third-order valence-electron chi connectivity index (χ3n) is 3.46. The second-order valence-electron chi connectivity index (χ2n) is 4.98. The minimum absolute atomic E-state index is 0.202. The number of amides is 1. The summed E-state index contributed by atoms with van der Waals surface area (Å²) in [5, 5.41) is 2.77. The van der Waals surface area contributed by atoms with E-state index in [4.69, 9.17) is 0 Å². The van der Waals surface area contributed by atoms with E-state index in [0.29, 0.717) is 16.8 Å². The van der Waals surface area contributed by atoms with Crippen molar-refractivity contribution in [3.63, 3.8) is 0 Å². The Labute approximate surface area is 124 Å². The summed E-state index contributed by atoms with van der Waals surface area (Å²) in [5.74, 6) is -0.480. The van der Waals surface area contributed by atoms with Crippen molar-refractivity contribution in [2.24, 2.45) is 0 Å². The van der Waals surface area contributed by atoms with Gasteiger partial charge < -0.3 is 10.2 Å². The molecule has 0 atom stereocenters. The Morgan fingerprint density at radius 1 is 1.19 bits per heavy atom. The van der Waals surface area contributed by atoms with E-state index < -0.39 is 0 Å². The SMILES string of the molecule is CCN(C)c1ccc(C(=O)Nc2ccc(F)c(C)c2)cc1. The van der Waals surface area contributed by atoms with Crippen LogP contribution in [0.15, 0.2) is 42.5 Å². The molecule has 0 bridgehead atoms. The molecule has 3 nitrogen and oxygen atoms in total. The number of carbonyl (C=O) groups is 1. The lowest BCUT2D eigenvalue weighted by Crippen LogP contribution is -2.16. The number of nitrogens with one attached hydrogen (secondary N) is 1. The van der Waals surface area contributed by atoms with Crippen LogP contribution in [0.3, 0.4) is 0 Å². The lowest BCUT2D eigenvalue weighted by Gasteiger charge is -2.16. The normalized spacial score (nSPS) is 10.3. The molecule has 1 N–H and O–H groups in total. The van der Waals surface area contributed by atoms with Gasteiger partial charge in [-0.1, -0.05) is 0 Å². The van der Waals surface area contributed by atoms with Crippen molar-refractivity contribution in [3.8, 4) is 0 Å². The molecular formula is C17H19FN2O. The zero-order valence-electron chi connectivity index (χ0n) is 12.5. The molecule has 0 spiro atoms. The summed E-state index contributed by atoms with van der Waals surface area (Å²) < 4.78 is 13.2. The maximum absolute atomic E-state index is 13.2. The number of rotatable bonds is 4. The zero-order chi connectivity index (χ0) is 15.4. The molecule has 2 aromatic carbocycles. The van der Waals surface area contributed by atoms with Crippen LogP contribution in [-0.2, 0) is 0 Å². The zero-order valence-corrected chi connectivity index (χ0v) is 12.5. The molecule has 0 unspecified atom stereocenters. The van der Waals surface area contributed by atoms with E-state index in [-0.39, 0.29) is 11.7 Å². The highest BCUT2D eigenvalue weighted by Gasteiger charge is 2.08. The van der Waals surface area contributed by atoms with Crippen molar-refractivity contribution in [1.29, 1.82) is 0 Å². The maximum atomic E-state index is 13.2. The highest BCUT2D eigenvalue weighted by atomic mass is 19.1. The van der Waals surface area contributed by atoms with Gasteiger partial charge in [-0.25, -0.2) is 4.39 Å². The molecule has 0 saturated heterocycles. The number of aryl methyl sites for hydroxylation is 1. The van der Waals surface area contributed by atoms with E-state index in [1.165, 1.54) is 6.07 Å². The molecule has 0 aromatic heterocycles. The monoisotopic (exact) mass is 286 g/mol.